The van der Waals surface area contributed by atoms with Crippen molar-refractivity contribution in [3.05, 3.63) is 94.0 Å². The van der Waals surface area contributed by atoms with Crippen LogP contribution in [0.2, 0.25) is 0 Å². The molecule has 1 aliphatic heterocycles. The highest BCUT2D eigenvalue weighted by atomic mass is 79.9. The summed E-state index contributed by atoms with van der Waals surface area (Å²) >= 11 is 3.46. The maximum atomic E-state index is 13.6. The average Bonchev–Trinajstić information content (AvgIpc) is 3.34. The van der Waals surface area contributed by atoms with Gasteiger partial charge >= 0.3 is 0 Å². The molecule has 7 nitrogen and oxygen atoms in total. The molecule has 4 rings (SSSR count). The zero-order valence-electron chi connectivity index (χ0n) is 20.1. The van der Waals surface area contributed by atoms with Gasteiger partial charge in [-0.2, -0.15) is 0 Å². The fraction of sp³-hybridized carbons (Fsp3) is 0.286. The summed E-state index contributed by atoms with van der Waals surface area (Å²) in [5.41, 5.74) is 1.51. The fourth-order valence-electron chi connectivity index (χ4n) is 3.96. The Morgan fingerprint density at radius 2 is 1.86 bits per heavy atom. The second-order valence-electron chi connectivity index (χ2n) is 8.48. The Morgan fingerprint density at radius 3 is 2.58 bits per heavy atom. The highest BCUT2D eigenvalue weighted by Gasteiger charge is 2.44. The molecule has 8 heteroatoms. The number of aliphatic hydroxyl groups excluding tert-OH is 1. The van der Waals surface area contributed by atoms with Gasteiger partial charge < -0.3 is 24.6 Å². The third-order valence-electron chi connectivity index (χ3n) is 5.90. The van der Waals surface area contributed by atoms with Gasteiger partial charge in [0.15, 0.2) is 5.54 Å². The van der Waals surface area contributed by atoms with Gasteiger partial charge in [0.25, 0.3) is 5.91 Å². The third-order valence-corrected chi connectivity index (χ3v) is 6.43. The summed E-state index contributed by atoms with van der Waals surface area (Å²) in [7, 11) is 1.61. The van der Waals surface area contributed by atoms with Crippen molar-refractivity contribution in [1.82, 2.24) is 5.32 Å². The molecule has 1 heterocycles. The number of hydrogen-bond donors (Lipinski definition) is 2. The Labute approximate surface area is 219 Å². The van der Waals surface area contributed by atoms with Crippen molar-refractivity contribution in [3.63, 3.8) is 0 Å². The molecule has 3 aromatic carbocycles. The lowest BCUT2D eigenvalue weighted by molar-refractivity contribution is -0.126. The number of hydrogen-bond acceptors (Lipinski definition) is 6. The molecule has 1 aliphatic rings. The first kappa shape index (κ1) is 25.7. The maximum absolute atomic E-state index is 13.6. The van der Waals surface area contributed by atoms with Gasteiger partial charge in [-0.15, -0.1) is 0 Å². The molecule has 0 saturated heterocycles. The Hall–Kier alpha value is -3.36. The predicted molar refractivity (Wildman–Crippen MR) is 142 cm³/mol. The van der Waals surface area contributed by atoms with Crippen molar-refractivity contribution in [2.24, 2.45) is 4.99 Å². The molecule has 0 radical (unpaired) electrons. The van der Waals surface area contributed by atoms with Crippen LogP contribution in [0.15, 0.2) is 82.3 Å². The topological polar surface area (TPSA) is 89.4 Å². The normalized spacial score (nSPS) is 16.7. The van der Waals surface area contributed by atoms with Crippen molar-refractivity contribution in [1.29, 1.82) is 0 Å². The van der Waals surface area contributed by atoms with Crippen LogP contribution in [0.4, 0.5) is 0 Å². The SMILES string of the molecule is COc1ccccc1CNC(=O)[C@@]1(Cc2ccc(Br)cc2)COC(c2ccc(OCCCO)cc2)=N1. The van der Waals surface area contributed by atoms with Crippen molar-refractivity contribution in [2.75, 3.05) is 26.9 Å². The number of para-hydroxylation sites is 1. The van der Waals surface area contributed by atoms with Crippen LogP contribution >= 0.6 is 15.9 Å². The van der Waals surface area contributed by atoms with Crippen LogP contribution in [0.5, 0.6) is 11.5 Å². The summed E-state index contributed by atoms with van der Waals surface area (Å²) < 4.78 is 18.0. The van der Waals surface area contributed by atoms with E-state index in [1.807, 2.05) is 72.8 Å². The monoisotopic (exact) mass is 552 g/mol. The Balaban J connectivity index is 1.56. The maximum Gasteiger partial charge on any atom is 0.252 e. The largest absolute Gasteiger partial charge is 0.496 e. The van der Waals surface area contributed by atoms with Gasteiger partial charge in [-0.25, -0.2) is 4.99 Å². The summed E-state index contributed by atoms with van der Waals surface area (Å²) in [6, 6.07) is 22.8. The van der Waals surface area contributed by atoms with Crippen LogP contribution in [0.3, 0.4) is 0 Å². The number of aliphatic imine (C=N–C) groups is 1. The molecule has 0 saturated carbocycles. The van der Waals surface area contributed by atoms with Crippen molar-refractivity contribution >= 4 is 27.7 Å². The van der Waals surface area contributed by atoms with E-state index in [0.29, 0.717) is 43.4 Å². The number of nitrogens with one attached hydrogen (secondary N) is 1. The number of halogens is 1. The first-order valence-electron chi connectivity index (χ1n) is 11.7. The van der Waals surface area contributed by atoms with Gasteiger partial charge in [0, 0.05) is 41.6 Å². The van der Waals surface area contributed by atoms with E-state index in [-0.39, 0.29) is 19.1 Å². The number of carbonyl (C=O) groups excluding carboxylic acids is 1. The number of aliphatic hydroxyl groups is 1. The number of nitrogens with zero attached hydrogens (tertiary/aromatic N) is 1. The molecule has 0 aliphatic carbocycles. The number of rotatable bonds is 11. The number of ether oxygens (including phenoxy) is 3. The molecule has 2 N–H and O–H groups in total. The molecule has 0 fully saturated rings. The van der Waals surface area contributed by atoms with Gasteiger partial charge in [0.05, 0.1) is 13.7 Å². The highest BCUT2D eigenvalue weighted by Crippen LogP contribution is 2.29. The van der Waals surface area contributed by atoms with E-state index < -0.39 is 5.54 Å². The molecule has 188 valence electrons. The van der Waals surface area contributed by atoms with Gasteiger partial charge in [0.1, 0.15) is 18.1 Å². The molecule has 0 unspecified atom stereocenters. The smallest absolute Gasteiger partial charge is 0.252 e. The lowest BCUT2D eigenvalue weighted by Gasteiger charge is -2.23. The summed E-state index contributed by atoms with van der Waals surface area (Å²) in [6.07, 6.45) is 0.962. The Morgan fingerprint density at radius 1 is 1.11 bits per heavy atom. The summed E-state index contributed by atoms with van der Waals surface area (Å²) in [4.78, 5) is 18.4. The van der Waals surface area contributed by atoms with Crippen LogP contribution in [0.1, 0.15) is 23.1 Å². The highest BCUT2D eigenvalue weighted by molar-refractivity contribution is 9.10. The summed E-state index contributed by atoms with van der Waals surface area (Å²) in [6.45, 7) is 0.971. The zero-order chi connectivity index (χ0) is 25.4. The third kappa shape index (κ3) is 6.25. The van der Waals surface area contributed by atoms with Gasteiger partial charge in [-0.1, -0.05) is 46.3 Å². The molecular weight excluding hydrogens is 524 g/mol. The molecular formula is C28H29BrN2O5. The van der Waals surface area contributed by atoms with E-state index in [0.717, 1.165) is 21.2 Å². The number of carbonyl (C=O) groups is 1. The van der Waals surface area contributed by atoms with Crippen molar-refractivity contribution < 1.29 is 24.1 Å². The van der Waals surface area contributed by atoms with Gasteiger partial charge in [0.2, 0.25) is 5.90 Å². The van der Waals surface area contributed by atoms with Crippen molar-refractivity contribution in [2.45, 2.75) is 24.9 Å². The van der Waals surface area contributed by atoms with E-state index in [1.54, 1.807) is 7.11 Å². The molecule has 0 bridgehead atoms. The second-order valence-corrected chi connectivity index (χ2v) is 9.40. The van der Waals surface area contributed by atoms with E-state index in [1.165, 1.54) is 0 Å². The fourth-order valence-corrected chi connectivity index (χ4v) is 4.22. The van der Waals surface area contributed by atoms with Crippen LogP contribution in [0.25, 0.3) is 0 Å². The first-order valence-corrected chi connectivity index (χ1v) is 12.5. The molecule has 0 spiro atoms. The zero-order valence-corrected chi connectivity index (χ0v) is 21.7. The van der Waals surface area contributed by atoms with Gasteiger partial charge in [-0.05, 0) is 48.0 Å². The van der Waals surface area contributed by atoms with E-state index >= 15 is 0 Å². The molecule has 0 aromatic heterocycles. The minimum Gasteiger partial charge on any atom is -0.496 e. The summed E-state index contributed by atoms with van der Waals surface area (Å²) in [5, 5.41) is 12.0. The van der Waals surface area contributed by atoms with E-state index in [2.05, 4.69) is 21.2 Å². The van der Waals surface area contributed by atoms with E-state index in [4.69, 9.17) is 24.3 Å². The molecule has 1 atom stereocenters. The number of benzene rings is 3. The lowest BCUT2D eigenvalue weighted by atomic mass is 9.91. The average molecular weight is 553 g/mol. The quantitative estimate of drug-likeness (QED) is 0.346. The standard InChI is InChI=1S/C28H29BrN2O5/c1-34-25-6-3-2-5-22(25)18-30-27(33)28(17-20-7-11-23(29)12-8-20)19-36-26(31-28)21-9-13-24(14-10-21)35-16-4-15-32/h2-3,5-14,32H,4,15-19H2,1H3,(H,30,33)/t28-/m1/s1. The number of methoxy groups -OCH3 is 1. The molecule has 3 aromatic rings. The first-order chi connectivity index (χ1) is 17.5. The Kier molecular flexibility index (Phi) is 8.61. The van der Waals surface area contributed by atoms with Crippen LogP contribution < -0.4 is 14.8 Å². The van der Waals surface area contributed by atoms with Crippen LogP contribution in [-0.4, -0.2) is 49.4 Å². The second kappa shape index (κ2) is 12.1. The van der Waals surface area contributed by atoms with E-state index in [9.17, 15) is 4.79 Å². The van der Waals surface area contributed by atoms with Crippen molar-refractivity contribution in [3.8, 4) is 11.5 Å². The van der Waals surface area contributed by atoms with Gasteiger partial charge in [-0.3, -0.25) is 4.79 Å². The summed E-state index contributed by atoms with van der Waals surface area (Å²) in [5.74, 6) is 1.62. The van der Waals surface area contributed by atoms with Crippen LogP contribution in [0, 0.1) is 0 Å². The minimum atomic E-state index is -1.11. The molecule has 1 amide bonds. The van der Waals surface area contributed by atoms with Crippen LogP contribution in [-0.2, 0) is 22.5 Å². The Bertz CT molecular complexity index is 1200. The predicted octanol–water partition coefficient (Wildman–Crippen LogP) is 4.29. The molecule has 36 heavy (non-hydrogen) atoms. The minimum absolute atomic E-state index is 0.0856. The number of amides is 1. The lowest BCUT2D eigenvalue weighted by Crippen LogP contribution is -2.48.